The van der Waals surface area contributed by atoms with E-state index in [0.29, 0.717) is 5.88 Å². The van der Waals surface area contributed by atoms with Gasteiger partial charge in [-0.15, -0.1) is 11.6 Å². The van der Waals surface area contributed by atoms with E-state index >= 15 is 0 Å². The van der Waals surface area contributed by atoms with Crippen LogP contribution >= 0.6 is 11.6 Å². The summed E-state index contributed by atoms with van der Waals surface area (Å²) in [5.74, 6) is 2.08. The minimum atomic E-state index is 0.494. The first kappa shape index (κ1) is 17.2. The number of halogens is 1. The summed E-state index contributed by atoms with van der Waals surface area (Å²) in [6, 6.07) is 5.86. The Balaban J connectivity index is 2.21. The van der Waals surface area contributed by atoms with Crippen molar-refractivity contribution in [1.82, 2.24) is 0 Å². The molecular formula is C17H27ClO2. The molecule has 2 nitrogen and oxygen atoms in total. The van der Waals surface area contributed by atoms with Crippen molar-refractivity contribution in [1.29, 1.82) is 0 Å². The van der Waals surface area contributed by atoms with Crippen LogP contribution in [0, 0.1) is 0 Å². The standard InChI is InChI=1S/C17H27ClO2/c1-3-4-5-6-7-8-9-12-20-16-11-10-15(14-18)13-17(16)19-2/h10-11,13H,3-9,12,14H2,1-2H3. The molecule has 0 saturated heterocycles. The summed E-state index contributed by atoms with van der Waals surface area (Å²) in [6.07, 6.45) is 9.04. The molecule has 0 bridgehead atoms. The van der Waals surface area contributed by atoms with E-state index in [9.17, 15) is 0 Å². The molecule has 20 heavy (non-hydrogen) atoms. The van der Waals surface area contributed by atoms with Crippen LogP contribution in [-0.4, -0.2) is 13.7 Å². The lowest BCUT2D eigenvalue weighted by Gasteiger charge is -2.11. The average molecular weight is 299 g/mol. The van der Waals surface area contributed by atoms with Crippen molar-refractivity contribution in [2.75, 3.05) is 13.7 Å². The van der Waals surface area contributed by atoms with Gasteiger partial charge in [0.25, 0.3) is 0 Å². The molecular weight excluding hydrogens is 272 g/mol. The van der Waals surface area contributed by atoms with Gasteiger partial charge in [0.2, 0.25) is 0 Å². The topological polar surface area (TPSA) is 18.5 Å². The van der Waals surface area contributed by atoms with Gasteiger partial charge in [-0.2, -0.15) is 0 Å². The van der Waals surface area contributed by atoms with Crippen molar-refractivity contribution in [3.8, 4) is 11.5 Å². The molecule has 114 valence electrons. The summed E-state index contributed by atoms with van der Waals surface area (Å²) in [4.78, 5) is 0. The fraction of sp³-hybridized carbons (Fsp3) is 0.647. The van der Waals surface area contributed by atoms with E-state index in [-0.39, 0.29) is 0 Å². The summed E-state index contributed by atoms with van der Waals surface area (Å²) in [5.41, 5.74) is 1.05. The lowest BCUT2D eigenvalue weighted by Crippen LogP contribution is -1.99. The summed E-state index contributed by atoms with van der Waals surface area (Å²) in [7, 11) is 1.66. The number of benzene rings is 1. The molecule has 0 radical (unpaired) electrons. The van der Waals surface area contributed by atoms with Crippen molar-refractivity contribution in [2.45, 2.75) is 57.7 Å². The van der Waals surface area contributed by atoms with Crippen molar-refractivity contribution in [3.63, 3.8) is 0 Å². The van der Waals surface area contributed by atoms with Gasteiger partial charge in [-0.1, -0.05) is 51.5 Å². The molecule has 0 aliphatic heterocycles. The van der Waals surface area contributed by atoms with Crippen LogP contribution < -0.4 is 9.47 Å². The van der Waals surface area contributed by atoms with Crippen LogP contribution in [0.15, 0.2) is 18.2 Å². The number of unbranched alkanes of at least 4 members (excludes halogenated alkanes) is 6. The predicted molar refractivity (Wildman–Crippen MR) is 86.0 cm³/mol. The highest BCUT2D eigenvalue weighted by Crippen LogP contribution is 2.28. The van der Waals surface area contributed by atoms with Crippen LogP contribution in [0.2, 0.25) is 0 Å². The minimum Gasteiger partial charge on any atom is -0.493 e. The van der Waals surface area contributed by atoms with Crippen molar-refractivity contribution in [2.24, 2.45) is 0 Å². The van der Waals surface area contributed by atoms with Crippen LogP contribution in [0.4, 0.5) is 0 Å². The molecule has 1 aromatic carbocycles. The Hall–Kier alpha value is -0.890. The van der Waals surface area contributed by atoms with E-state index in [4.69, 9.17) is 21.1 Å². The maximum atomic E-state index is 5.81. The molecule has 0 heterocycles. The first-order valence-corrected chi connectivity index (χ1v) is 8.21. The lowest BCUT2D eigenvalue weighted by molar-refractivity contribution is 0.284. The van der Waals surface area contributed by atoms with Gasteiger partial charge in [-0.05, 0) is 24.1 Å². The Labute approximate surface area is 128 Å². The van der Waals surface area contributed by atoms with Gasteiger partial charge in [0.05, 0.1) is 13.7 Å². The third-order valence-electron chi connectivity index (χ3n) is 3.39. The van der Waals surface area contributed by atoms with Gasteiger partial charge in [0, 0.05) is 5.88 Å². The molecule has 0 aromatic heterocycles. The van der Waals surface area contributed by atoms with Gasteiger partial charge < -0.3 is 9.47 Å². The maximum absolute atomic E-state index is 5.81. The van der Waals surface area contributed by atoms with Gasteiger partial charge in [0.1, 0.15) is 0 Å². The van der Waals surface area contributed by atoms with Crippen LogP contribution in [0.25, 0.3) is 0 Å². The average Bonchev–Trinajstić information content (AvgIpc) is 2.50. The van der Waals surface area contributed by atoms with Crippen molar-refractivity contribution < 1.29 is 9.47 Å². The predicted octanol–water partition coefficient (Wildman–Crippen LogP) is 5.56. The van der Waals surface area contributed by atoms with Crippen LogP contribution in [0.3, 0.4) is 0 Å². The highest BCUT2D eigenvalue weighted by molar-refractivity contribution is 6.17. The Morgan fingerprint density at radius 3 is 2.30 bits per heavy atom. The second kappa shape index (κ2) is 10.8. The molecule has 1 rings (SSSR count). The monoisotopic (exact) mass is 298 g/mol. The molecule has 0 N–H and O–H groups in total. The van der Waals surface area contributed by atoms with Crippen molar-refractivity contribution >= 4 is 11.6 Å². The number of hydrogen-bond donors (Lipinski definition) is 0. The fourth-order valence-electron chi connectivity index (χ4n) is 2.16. The molecule has 0 spiro atoms. The minimum absolute atomic E-state index is 0.494. The van der Waals surface area contributed by atoms with Crippen molar-refractivity contribution in [3.05, 3.63) is 23.8 Å². The first-order chi connectivity index (χ1) is 9.81. The van der Waals surface area contributed by atoms with Gasteiger partial charge in [0.15, 0.2) is 11.5 Å². The molecule has 0 fully saturated rings. The summed E-state index contributed by atoms with van der Waals surface area (Å²) < 4.78 is 11.1. The third-order valence-corrected chi connectivity index (χ3v) is 3.70. The summed E-state index contributed by atoms with van der Waals surface area (Å²) in [6.45, 7) is 3.00. The molecule has 3 heteroatoms. The fourth-order valence-corrected chi connectivity index (χ4v) is 2.32. The van der Waals surface area contributed by atoms with E-state index < -0.39 is 0 Å². The van der Waals surface area contributed by atoms with Gasteiger partial charge in [-0.3, -0.25) is 0 Å². The second-order valence-electron chi connectivity index (χ2n) is 5.09. The Bertz CT molecular complexity index is 366. The molecule has 0 saturated carbocycles. The molecule has 0 amide bonds. The summed E-state index contributed by atoms with van der Waals surface area (Å²) in [5, 5.41) is 0. The number of ether oxygens (including phenoxy) is 2. The number of alkyl halides is 1. The Morgan fingerprint density at radius 2 is 1.65 bits per heavy atom. The van der Waals surface area contributed by atoms with E-state index in [1.807, 2.05) is 18.2 Å². The molecule has 0 aliphatic carbocycles. The highest BCUT2D eigenvalue weighted by atomic mass is 35.5. The number of hydrogen-bond acceptors (Lipinski definition) is 2. The summed E-state index contributed by atoms with van der Waals surface area (Å²) >= 11 is 5.81. The first-order valence-electron chi connectivity index (χ1n) is 7.67. The Morgan fingerprint density at radius 1 is 0.950 bits per heavy atom. The van der Waals surface area contributed by atoms with Crippen LogP contribution in [0.1, 0.15) is 57.4 Å². The number of rotatable bonds is 11. The quantitative estimate of drug-likeness (QED) is 0.393. The number of methoxy groups -OCH3 is 1. The second-order valence-corrected chi connectivity index (χ2v) is 5.36. The van der Waals surface area contributed by atoms with E-state index in [0.717, 1.165) is 30.1 Å². The Kier molecular flexibility index (Phi) is 9.31. The van der Waals surface area contributed by atoms with E-state index in [1.54, 1.807) is 7.11 Å². The third kappa shape index (κ3) is 6.51. The highest BCUT2D eigenvalue weighted by Gasteiger charge is 2.05. The van der Waals surface area contributed by atoms with Crippen LogP contribution in [0.5, 0.6) is 11.5 Å². The maximum Gasteiger partial charge on any atom is 0.161 e. The largest absolute Gasteiger partial charge is 0.493 e. The van der Waals surface area contributed by atoms with E-state index in [2.05, 4.69) is 6.92 Å². The molecule has 1 aromatic rings. The SMILES string of the molecule is CCCCCCCCCOc1ccc(CCl)cc1OC. The smallest absolute Gasteiger partial charge is 0.161 e. The zero-order chi connectivity index (χ0) is 14.6. The van der Waals surface area contributed by atoms with Crippen LogP contribution in [-0.2, 0) is 5.88 Å². The molecule has 0 aliphatic rings. The van der Waals surface area contributed by atoms with E-state index in [1.165, 1.54) is 38.5 Å². The normalized spacial score (nSPS) is 10.6. The molecule has 0 unspecified atom stereocenters. The zero-order valence-corrected chi connectivity index (χ0v) is 13.5. The van der Waals surface area contributed by atoms with Gasteiger partial charge in [-0.25, -0.2) is 0 Å². The lowest BCUT2D eigenvalue weighted by atomic mass is 10.1. The van der Waals surface area contributed by atoms with Gasteiger partial charge >= 0.3 is 0 Å². The zero-order valence-electron chi connectivity index (χ0n) is 12.8. The molecule has 0 atom stereocenters.